The van der Waals surface area contributed by atoms with Crippen LogP contribution in [-0.4, -0.2) is 32.6 Å². The molecule has 0 amide bonds. The second-order valence-electron chi connectivity index (χ2n) is 6.24. The van der Waals surface area contributed by atoms with Crippen molar-refractivity contribution in [3.05, 3.63) is 72.7 Å². The molecule has 4 heterocycles. The van der Waals surface area contributed by atoms with E-state index in [9.17, 15) is 0 Å². The average Bonchev–Trinajstić information content (AvgIpc) is 3.12. The van der Waals surface area contributed by atoms with Crippen molar-refractivity contribution in [3.8, 4) is 0 Å². The minimum Gasteiger partial charge on any atom is -0.356 e. The first-order valence-corrected chi connectivity index (χ1v) is 8.46. The van der Waals surface area contributed by atoms with E-state index in [0.717, 1.165) is 25.5 Å². The van der Waals surface area contributed by atoms with Crippen molar-refractivity contribution in [2.24, 2.45) is 0 Å². The summed E-state index contributed by atoms with van der Waals surface area (Å²) in [5.41, 5.74) is 1.25. The maximum Gasteiger partial charge on any atom is 0.128 e. The van der Waals surface area contributed by atoms with Gasteiger partial charge in [0.1, 0.15) is 11.6 Å². The van der Waals surface area contributed by atoms with Gasteiger partial charge in [0.15, 0.2) is 0 Å². The van der Waals surface area contributed by atoms with E-state index in [0.29, 0.717) is 5.92 Å². The molecule has 1 aliphatic heterocycles. The third-order valence-electron chi connectivity index (χ3n) is 4.61. The first-order chi connectivity index (χ1) is 11.9. The number of nitrogens with zero attached hydrogens (tertiary/aromatic N) is 5. The molecule has 3 aromatic rings. The summed E-state index contributed by atoms with van der Waals surface area (Å²) in [4.78, 5) is 15.6. The van der Waals surface area contributed by atoms with E-state index in [1.165, 1.54) is 24.2 Å². The summed E-state index contributed by atoms with van der Waals surface area (Å²) in [7, 11) is 0. The molecule has 1 saturated heterocycles. The van der Waals surface area contributed by atoms with Crippen LogP contribution in [0.3, 0.4) is 0 Å². The van der Waals surface area contributed by atoms with Gasteiger partial charge >= 0.3 is 0 Å². The van der Waals surface area contributed by atoms with Gasteiger partial charge in [-0.05, 0) is 42.7 Å². The van der Waals surface area contributed by atoms with Crippen molar-refractivity contribution in [1.29, 1.82) is 0 Å². The Morgan fingerprint density at radius 1 is 1.00 bits per heavy atom. The van der Waals surface area contributed by atoms with Crippen LogP contribution >= 0.6 is 0 Å². The fourth-order valence-electron chi connectivity index (χ4n) is 3.44. The van der Waals surface area contributed by atoms with E-state index in [1.807, 2.05) is 30.9 Å². The van der Waals surface area contributed by atoms with Gasteiger partial charge in [-0.2, -0.15) is 0 Å². The van der Waals surface area contributed by atoms with Crippen molar-refractivity contribution in [1.82, 2.24) is 19.5 Å². The molecule has 0 aromatic carbocycles. The predicted octanol–water partition coefficient (Wildman–Crippen LogP) is 3.11. The molecular formula is C19H21N5. The molecule has 0 unspecified atom stereocenters. The number of piperidine rings is 1. The van der Waals surface area contributed by atoms with Crippen LogP contribution in [0.5, 0.6) is 0 Å². The number of anilines is 1. The third kappa shape index (κ3) is 3.15. The van der Waals surface area contributed by atoms with Crippen LogP contribution in [0.25, 0.3) is 0 Å². The van der Waals surface area contributed by atoms with Crippen LogP contribution in [0.15, 0.2) is 61.3 Å². The first kappa shape index (κ1) is 14.9. The lowest BCUT2D eigenvalue weighted by molar-refractivity contribution is 0.474. The molecule has 0 bridgehead atoms. The minimum atomic E-state index is 0.442. The summed E-state index contributed by atoms with van der Waals surface area (Å²) in [5, 5.41) is 0. The Morgan fingerprint density at radius 3 is 2.75 bits per heavy atom. The lowest BCUT2D eigenvalue weighted by atomic mass is 9.97. The SMILES string of the molecule is c1ccc(N2CCC[C@@H](c3nccn3Cc3ccncc3)C2)nc1. The summed E-state index contributed by atoms with van der Waals surface area (Å²) in [5.74, 6) is 2.68. The molecule has 0 aliphatic carbocycles. The molecule has 24 heavy (non-hydrogen) atoms. The van der Waals surface area contributed by atoms with Crippen LogP contribution in [-0.2, 0) is 6.54 Å². The third-order valence-corrected chi connectivity index (χ3v) is 4.61. The second-order valence-corrected chi connectivity index (χ2v) is 6.24. The van der Waals surface area contributed by atoms with Gasteiger partial charge in [0.25, 0.3) is 0 Å². The second kappa shape index (κ2) is 6.83. The zero-order valence-corrected chi connectivity index (χ0v) is 13.6. The molecular weight excluding hydrogens is 298 g/mol. The van der Waals surface area contributed by atoms with E-state index in [1.54, 1.807) is 0 Å². The molecule has 3 aromatic heterocycles. The molecule has 0 spiro atoms. The van der Waals surface area contributed by atoms with Gasteiger partial charge in [-0.3, -0.25) is 4.98 Å². The van der Waals surface area contributed by atoms with Crippen LogP contribution in [0.2, 0.25) is 0 Å². The quantitative estimate of drug-likeness (QED) is 0.741. The Bertz CT molecular complexity index is 769. The van der Waals surface area contributed by atoms with E-state index >= 15 is 0 Å². The molecule has 5 nitrogen and oxygen atoms in total. The maximum absolute atomic E-state index is 4.66. The van der Waals surface area contributed by atoms with Gasteiger partial charge in [-0.1, -0.05) is 6.07 Å². The first-order valence-electron chi connectivity index (χ1n) is 8.46. The number of imidazole rings is 1. The van der Waals surface area contributed by atoms with Crippen LogP contribution < -0.4 is 4.90 Å². The average molecular weight is 319 g/mol. The van der Waals surface area contributed by atoms with Gasteiger partial charge in [-0.25, -0.2) is 9.97 Å². The standard InChI is InChI=1S/C19H21N5/c1-2-8-21-18(5-1)23-12-3-4-17(15-23)19-22-11-13-24(19)14-16-6-9-20-10-7-16/h1-2,5-11,13,17H,3-4,12,14-15H2/t17-/m1/s1. The summed E-state index contributed by atoms with van der Waals surface area (Å²) in [6.07, 6.45) is 11.9. The molecule has 1 atom stereocenters. The normalized spacial score (nSPS) is 17.8. The Balaban J connectivity index is 1.53. The Hall–Kier alpha value is -2.69. The smallest absolute Gasteiger partial charge is 0.128 e. The molecule has 4 rings (SSSR count). The van der Waals surface area contributed by atoms with E-state index < -0.39 is 0 Å². The lowest BCUT2D eigenvalue weighted by Gasteiger charge is -2.33. The zero-order valence-electron chi connectivity index (χ0n) is 13.6. The fourth-order valence-corrected chi connectivity index (χ4v) is 3.44. The van der Waals surface area contributed by atoms with Crippen LogP contribution in [0, 0.1) is 0 Å². The summed E-state index contributed by atoms with van der Waals surface area (Å²) < 4.78 is 2.27. The highest BCUT2D eigenvalue weighted by Crippen LogP contribution is 2.28. The van der Waals surface area contributed by atoms with Gasteiger partial charge < -0.3 is 9.47 Å². The fraction of sp³-hybridized carbons (Fsp3) is 0.316. The number of aromatic nitrogens is 4. The number of hydrogen-bond donors (Lipinski definition) is 0. The lowest BCUT2D eigenvalue weighted by Crippen LogP contribution is -2.35. The Labute approximate surface area is 142 Å². The molecule has 0 N–H and O–H groups in total. The van der Waals surface area contributed by atoms with E-state index in [4.69, 9.17) is 0 Å². The molecule has 1 aliphatic rings. The van der Waals surface area contributed by atoms with Crippen LogP contribution in [0.1, 0.15) is 30.1 Å². The van der Waals surface area contributed by atoms with Gasteiger partial charge in [0.05, 0.1) is 0 Å². The number of rotatable bonds is 4. The van der Waals surface area contributed by atoms with Crippen molar-refractivity contribution >= 4 is 5.82 Å². The monoisotopic (exact) mass is 319 g/mol. The van der Waals surface area contributed by atoms with Gasteiger partial charge in [-0.15, -0.1) is 0 Å². The predicted molar refractivity (Wildman–Crippen MR) is 94.0 cm³/mol. The van der Waals surface area contributed by atoms with Crippen molar-refractivity contribution in [2.45, 2.75) is 25.3 Å². The Kier molecular flexibility index (Phi) is 4.23. The highest BCUT2D eigenvalue weighted by molar-refractivity contribution is 5.39. The van der Waals surface area contributed by atoms with Crippen molar-refractivity contribution < 1.29 is 0 Å². The highest BCUT2D eigenvalue weighted by atomic mass is 15.2. The topological polar surface area (TPSA) is 46.8 Å². The molecule has 1 fully saturated rings. The number of hydrogen-bond acceptors (Lipinski definition) is 4. The molecule has 0 radical (unpaired) electrons. The number of pyridine rings is 2. The van der Waals surface area contributed by atoms with Gasteiger partial charge in [0.2, 0.25) is 0 Å². The summed E-state index contributed by atoms with van der Waals surface area (Å²) in [6.45, 7) is 2.89. The Morgan fingerprint density at radius 2 is 1.92 bits per heavy atom. The maximum atomic E-state index is 4.66. The van der Waals surface area contributed by atoms with Crippen molar-refractivity contribution in [2.75, 3.05) is 18.0 Å². The highest BCUT2D eigenvalue weighted by Gasteiger charge is 2.25. The van der Waals surface area contributed by atoms with E-state index in [-0.39, 0.29) is 0 Å². The zero-order chi connectivity index (χ0) is 16.2. The molecule has 0 saturated carbocycles. The summed E-state index contributed by atoms with van der Waals surface area (Å²) in [6, 6.07) is 10.2. The van der Waals surface area contributed by atoms with Gasteiger partial charge in [0, 0.05) is 56.5 Å². The van der Waals surface area contributed by atoms with Crippen LogP contribution in [0.4, 0.5) is 5.82 Å². The molecule has 122 valence electrons. The minimum absolute atomic E-state index is 0.442. The van der Waals surface area contributed by atoms with E-state index in [2.05, 4.69) is 54.9 Å². The largest absolute Gasteiger partial charge is 0.356 e. The molecule has 5 heteroatoms. The summed E-state index contributed by atoms with van der Waals surface area (Å²) >= 11 is 0. The van der Waals surface area contributed by atoms with Crippen molar-refractivity contribution in [3.63, 3.8) is 0 Å².